The molecule has 3 rings (SSSR count). The Hall–Kier alpha value is -2.13. The number of hydrogen-bond acceptors (Lipinski definition) is 2. The van der Waals surface area contributed by atoms with E-state index in [9.17, 15) is 4.79 Å². The number of amides is 1. The van der Waals surface area contributed by atoms with E-state index in [1.807, 2.05) is 6.07 Å². The van der Waals surface area contributed by atoms with Crippen molar-refractivity contribution in [3.63, 3.8) is 0 Å². The van der Waals surface area contributed by atoms with Gasteiger partial charge in [0.1, 0.15) is 0 Å². The lowest BCUT2D eigenvalue weighted by Crippen LogP contribution is -2.35. The molecule has 108 valence electrons. The SMILES string of the molecule is Cc1ccccc1C(NC1CNC(=O)C1)c1ccccc1. The standard InChI is InChI=1S/C18H20N2O/c1-13-7-5-6-10-16(13)18(14-8-3-2-4-9-14)20-15-11-17(21)19-12-15/h2-10,15,18,20H,11-12H2,1H3,(H,19,21). The van der Waals surface area contributed by atoms with Crippen molar-refractivity contribution in [3.8, 4) is 0 Å². The van der Waals surface area contributed by atoms with E-state index in [0.29, 0.717) is 13.0 Å². The molecule has 0 radical (unpaired) electrons. The lowest BCUT2D eigenvalue weighted by atomic mass is 9.94. The summed E-state index contributed by atoms with van der Waals surface area (Å²) in [7, 11) is 0. The van der Waals surface area contributed by atoms with Crippen LogP contribution in [0.4, 0.5) is 0 Å². The highest BCUT2D eigenvalue weighted by atomic mass is 16.1. The van der Waals surface area contributed by atoms with Crippen molar-refractivity contribution in [2.45, 2.75) is 25.4 Å². The molecule has 2 atom stereocenters. The van der Waals surface area contributed by atoms with Gasteiger partial charge in [-0.3, -0.25) is 4.79 Å². The van der Waals surface area contributed by atoms with Crippen LogP contribution in [0, 0.1) is 6.92 Å². The second-order valence-corrected chi connectivity index (χ2v) is 5.57. The lowest BCUT2D eigenvalue weighted by molar-refractivity contribution is -0.119. The molecule has 0 aromatic heterocycles. The third-order valence-corrected chi connectivity index (χ3v) is 4.01. The third-order valence-electron chi connectivity index (χ3n) is 4.01. The molecule has 2 unspecified atom stereocenters. The highest BCUT2D eigenvalue weighted by molar-refractivity contribution is 5.78. The van der Waals surface area contributed by atoms with Crippen molar-refractivity contribution in [1.29, 1.82) is 0 Å². The molecule has 2 aromatic rings. The second kappa shape index (κ2) is 6.10. The summed E-state index contributed by atoms with van der Waals surface area (Å²) >= 11 is 0. The molecule has 0 spiro atoms. The maximum atomic E-state index is 11.4. The molecule has 0 saturated carbocycles. The minimum atomic E-state index is 0.116. The highest BCUT2D eigenvalue weighted by Crippen LogP contribution is 2.26. The van der Waals surface area contributed by atoms with Crippen molar-refractivity contribution in [3.05, 3.63) is 71.3 Å². The average molecular weight is 280 g/mol. The van der Waals surface area contributed by atoms with Gasteiger partial charge in [-0.05, 0) is 23.6 Å². The third kappa shape index (κ3) is 3.14. The first-order valence-electron chi connectivity index (χ1n) is 7.37. The van der Waals surface area contributed by atoms with Crippen LogP contribution in [0.3, 0.4) is 0 Å². The zero-order valence-electron chi connectivity index (χ0n) is 12.2. The van der Waals surface area contributed by atoms with Crippen LogP contribution in [0.1, 0.15) is 29.2 Å². The van der Waals surface area contributed by atoms with Crippen LogP contribution < -0.4 is 10.6 Å². The first-order chi connectivity index (χ1) is 10.2. The van der Waals surface area contributed by atoms with E-state index in [0.717, 1.165) is 0 Å². The Bertz CT molecular complexity index is 624. The predicted molar refractivity (Wildman–Crippen MR) is 84.0 cm³/mol. The average Bonchev–Trinajstić information content (AvgIpc) is 2.92. The largest absolute Gasteiger partial charge is 0.354 e. The van der Waals surface area contributed by atoms with Crippen LogP contribution in [0.25, 0.3) is 0 Å². The number of nitrogens with one attached hydrogen (secondary N) is 2. The molecule has 21 heavy (non-hydrogen) atoms. The van der Waals surface area contributed by atoms with Crippen molar-refractivity contribution in [1.82, 2.24) is 10.6 Å². The molecule has 1 aliphatic rings. The van der Waals surface area contributed by atoms with E-state index in [2.05, 4.69) is 66.1 Å². The van der Waals surface area contributed by atoms with Gasteiger partial charge in [0.15, 0.2) is 0 Å². The Labute approximate surface area is 125 Å². The summed E-state index contributed by atoms with van der Waals surface area (Å²) in [5.74, 6) is 0.129. The monoisotopic (exact) mass is 280 g/mol. The fourth-order valence-corrected chi connectivity index (χ4v) is 2.88. The van der Waals surface area contributed by atoms with E-state index in [1.54, 1.807) is 0 Å². The zero-order chi connectivity index (χ0) is 14.7. The molecular weight excluding hydrogens is 260 g/mol. The Morgan fingerprint density at radius 1 is 1.10 bits per heavy atom. The summed E-state index contributed by atoms with van der Waals surface area (Å²) in [5.41, 5.74) is 3.75. The van der Waals surface area contributed by atoms with Crippen molar-refractivity contribution < 1.29 is 4.79 Å². The summed E-state index contributed by atoms with van der Waals surface area (Å²) < 4.78 is 0. The Morgan fingerprint density at radius 3 is 2.48 bits per heavy atom. The minimum absolute atomic E-state index is 0.116. The summed E-state index contributed by atoms with van der Waals surface area (Å²) in [5, 5.41) is 6.53. The molecule has 3 heteroatoms. The van der Waals surface area contributed by atoms with Gasteiger partial charge in [0.05, 0.1) is 6.04 Å². The van der Waals surface area contributed by atoms with E-state index in [4.69, 9.17) is 0 Å². The van der Waals surface area contributed by atoms with Gasteiger partial charge >= 0.3 is 0 Å². The molecule has 1 fully saturated rings. The molecular formula is C18H20N2O. The molecule has 2 aromatic carbocycles. The second-order valence-electron chi connectivity index (χ2n) is 5.57. The fraction of sp³-hybridized carbons (Fsp3) is 0.278. The molecule has 1 saturated heterocycles. The van der Waals surface area contributed by atoms with Crippen molar-refractivity contribution >= 4 is 5.91 Å². The van der Waals surface area contributed by atoms with E-state index < -0.39 is 0 Å². The summed E-state index contributed by atoms with van der Waals surface area (Å²) in [6.07, 6.45) is 0.551. The minimum Gasteiger partial charge on any atom is -0.354 e. The Kier molecular flexibility index (Phi) is 4.02. The Morgan fingerprint density at radius 2 is 1.81 bits per heavy atom. The summed E-state index contributed by atoms with van der Waals surface area (Å²) in [6.45, 7) is 2.83. The quantitative estimate of drug-likeness (QED) is 0.903. The topological polar surface area (TPSA) is 41.1 Å². The van der Waals surface area contributed by atoms with Crippen LogP contribution >= 0.6 is 0 Å². The van der Waals surface area contributed by atoms with E-state index in [1.165, 1.54) is 16.7 Å². The number of carbonyl (C=O) groups is 1. The van der Waals surface area contributed by atoms with Crippen LogP contribution in [0.2, 0.25) is 0 Å². The lowest BCUT2D eigenvalue weighted by Gasteiger charge is -2.24. The fourth-order valence-electron chi connectivity index (χ4n) is 2.88. The van der Waals surface area contributed by atoms with E-state index in [-0.39, 0.29) is 18.0 Å². The molecule has 1 heterocycles. The van der Waals surface area contributed by atoms with Crippen LogP contribution in [-0.4, -0.2) is 18.5 Å². The van der Waals surface area contributed by atoms with Gasteiger partial charge in [-0.15, -0.1) is 0 Å². The number of benzene rings is 2. The van der Waals surface area contributed by atoms with Gasteiger partial charge in [0.2, 0.25) is 5.91 Å². The first kappa shape index (κ1) is 13.8. The maximum absolute atomic E-state index is 11.4. The molecule has 2 N–H and O–H groups in total. The normalized spacial score (nSPS) is 19.3. The van der Waals surface area contributed by atoms with Crippen molar-refractivity contribution in [2.75, 3.05) is 6.54 Å². The van der Waals surface area contributed by atoms with Gasteiger partial charge < -0.3 is 10.6 Å². The van der Waals surface area contributed by atoms with Gasteiger partial charge in [0, 0.05) is 19.0 Å². The number of hydrogen-bond donors (Lipinski definition) is 2. The van der Waals surface area contributed by atoms with E-state index >= 15 is 0 Å². The number of rotatable bonds is 4. The summed E-state index contributed by atoms with van der Waals surface area (Å²) in [6, 6.07) is 19.1. The molecule has 3 nitrogen and oxygen atoms in total. The zero-order valence-corrected chi connectivity index (χ0v) is 12.2. The van der Waals surface area contributed by atoms with Crippen molar-refractivity contribution in [2.24, 2.45) is 0 Å². The van der Waals surface area contributed by atoms with Crippen LogP contribution in [0.5, 0.6) is 0 Å². The molecule has 1 amide bonds. The Balaban J connectivity index is 1.92. The van der Waals surface area contributed by atoms with Gasteiger partial charge in [-0.1, -0.05) is 54.6 Å². The number of carbonyl (C=O) groups excluding carboxylic acids is 1. The summed E-state index contributed by atoms with van der Waals surface area (Å²) in [4.78, 5) is 11.4. The van der Waals surface area contributed by atoms with Gasteiger partial charge in [0.25, 0.3) is 0 Å². The predicted octanol–water partition coefficient (Wildman–Crippen LogP) is 2.56. The molecule has 1 aliphatic heterocycles. The molecule has 0 aliphatic carbocycles. The van der Waals surface area contributed by atoms with Crippen LogP contribution in [-0.2, 0) is 4.79 Å². The molecule has 0 bridgehead atoms. The van der Waals surface area contributed by atoms with Crippen LogP contribution in [0.15, 0.2) is 54.6 Å². The number of aryl methyl sites for hydroxylation is 1. The first-order valence-corrected chi connectivity index (χ1v) is 7.37. The van der Waals surface area contributed by atoms with Gasteiger partial charge in [-0.25, -0.2) is 0 Å². The highest BCUT2D eigenvalue weighted by Gasteiger charge is 2.25. The van der Waals surface area contributed by atoms with Gasteiger partial charge in [-0.2, -0.15) is 0 Å². The maximum Gasteiger partial charge on any atom is 0.221 e. The smallest absolute Gasteiger partial charge is 0.221 e.